The first kappa shape index (κ1) is 22.6. The highest BCUT2D eigenvalue weighted by atomic mass is 32.1. The first-order valence-corrected chi connectivity index (χ1v) is 11.7. The first-order chi connectivity index (χ1) is 17.1. The molecule has 0 radical (unpaired) electrons. The Labute approximate surface area is 209 Å². The van der Waals surface area contributed by atoms with Crippen molar-refractivity contribution in [1.29, 1.82) is 0 Å². The highest BCUT2D eigenvalue weighted by Gasteiger charge is 2.41. The molecule has 35 heavy (non-hydrogen) atoms. The second-order valence-corrected chi connectivity index (χ2v) is 8.62. The van der Waals surface area contributed by atoms with Gasteiger partial charge in [0.2, 0.25) is 0 Å². The third-order valence-electron chi connectivity index (χ3n) is 5.93. The molecule has 5 rings (SSSR count). The molecule has 1 saturated heterocycles. The number of amides is 1. The number of aromatic nitrogens is 2. The number of benzene rings is 2. The van der Waals surface area contributed by atoms with Crippen LogP contribution in [-0.2, 0) is 11.8 Å². The largest absolute Gasteiger partial charge is 0.484 e. The van der Waals surface area contributed by atoms with Gasteiger partial charge in [-0.15, -0.1) is 0 Å². The summed E-state index contributed by atoms with van der Waals surface area (Å²) in [7, 11) is 2.03. The van der Waals surface area contributed by atoms with E-state index >= 15 is 0 Å². The van der Waals surface area contributed by atoms with Crippen molar-refractivity contribution >= 4 is 34.6 Å². The lowest BCUT2D eigenvalue weighted by molar-refractivity contribution is -0.118. The molecule has 7 nitrogen and oxygen atoms in total. The highest BCUT2D eigenvalue weighted by molar-refractivity contribution is 7.80. The van der Waals surface area contributed by atoms with Crippen LogP contribution in [0.3, 0.4) is 0 Å². The van der Waals surface area contributed by atoms with Gasteiger partial charge in [-0.1, -0.05) is 24.3 Å². The standard InChI is InChI=1S/C27H25N5O2S/c1-31-17-7-11-23(31)26-25(22-10-5-6-16-28-22)30-27(35)32(26)20-14-12-19(13-15-20)29-24(33)18-34-21-8-3-2-4-9-21/h2-17,25-26H,18H2,1H3,(H,29,33)(H,30,35)/t25-,26-/m0/s1. The fraction of sp³-hybridized carbons (Fsp3) is 0.148. The number of thiocarbonyl (C=S) groups is 1. The zero-order chi connectivity index (χ0) is 24.2. The van der Waals surface area contributed by atoms with Crippen LogP contribution in [0.4, 0.5) is 11.4 Å². The summed E-state index contributed by atoms with van der Waals surface area (Å²) >= 11 is 5.77. The Morgan fingerprint density at radius 1 is 1.03 bits per heavy atom. The molecule has 176 valence electrons. The van der Waals surface area contributed by atoms with Gasteiger partial charge in [0, 0.05) is 36.5 Å². The Balaban J connectivity index is 1.35. The van der Waals surface area contributed by atoms with Crippen LogP contribution in [0.15, 0.2) is 97.3 Å². The molecular formula is C27H25N5O2S. The number of hydrogen-bond donors (Lipinski definition) is 2. The van der Waals surface area contributed by atoms with E-state index in [1.807, 2.05) is 92.1 Å². The van der Waals surface area contributed by atoms with Gasteiger partial charge in [-0.05, 0) is 72.9 Å². The fourth-order valence-electron chi connectivity index (χ4n) is 4.28. The Morgan fingerprint density at radius 2 is 1.80 bits per heavy atom. The van der Waals surface area contributed by atoms with Gasteiger partial charge < -0.3 is 24.8 Å². The molecule has 0 unspecified atom stereocenters. The zero-order valence-electron chi connectivity index (χ0n) is 19.2. The lowest BCUT2D eigenvalue weighted by Gasteiger charge is -2.28. The number of nitrogens with zero attached hydrogens (tertiary/aromatic N) is 3. The third-order valence-corrected chi connectivity index (χ3v) is 6.24. The Bertz CT molecular complexity index is 1310. The molecule has 1 aliphatic rings. The molecule has 0 saturated carbocycles. The minimum atomic E-state index is -0.225. The smallest absolute Gasteiger partial charge is 0.262 e. The van der Waals surface area contributed by atoms with Crippen molar-refractivity contribution in [3.63, 3.8) is 0 Å². The number of carbonyl (C=O) groups is 1. The fourth-order valence-corrected chi connectivity index (χ4v) is 4.63. The summed E-state index contributed by atoms with van der Waals surface area (Å²) in [5.41, 5.74) is 3.64. The van der Waals surface area contributed by atoms with Gasteiger partial charge in [-0.25, -0.2) is 0 Å². The van der Waals surface area contributed by atoms with E-state index in [0.29, 0.717) is 16.5 Å². The molecule has 0 spiro atoms. The number of pyridine rings is 1. The minimum absolute atomic E-state index is 0.0623. The number of carbonyl (C=O) groups excluding carboxylic acids is 1. The maximum Gasteiger partial charge on any atom is 0.262 e. The number of aryl methyl sites for hydroxylation is 1. The topological polar surface area (TPSA) is 71.4 Å². The SMILES string of the molecule is Cn1cccc1[C@H]1[C@H](c2ccccn2)NC(=S)N1c1ccc(NC(=O)COc2ccccc2)cc1. The number of hydrogen-bond acceptors (Lipinski definition) is 4. The number of ether oxygens (including phenoxy) is 1. The van der Waals surface area contributed by atoms with Crippen molar-refractivity contribution in [2.75, 3.05) is 16.8 Å². The number of nitrogens with one attached hydrogen (secondary N) is 2. The molecule has 8 heteroatoms. The molecule has 0 aliphatic carbocycles. The quantitative estimate of drug-likeness (QED) is 0.374. The highest BCUT2D eigenvalue weighted by Crippen LogP contribution is 2.41. The molecule has 1 fully saturated rings. The van der Waals surface area contributed by atoms with Crippen LogP contribution >= 0.6 is 12.2 Å². The van der Waals surface area contributed by atoms with Crippen molar-refractivity contribution in [2.24, 2.45) is 7.05 Å². The molecule has 2 N–H and O–H groups in total. The van der Waals surface area contributed by atoms with Gasteiger partial charge in [0.05, 0.1) is 11.7 Å². The average Bonchev–Trinajstić information content (AvgIpc) is 3.46. The van der Waals surface area contributed by atoms with E-state index in [0.717, 1.165) is 17.1 Å². The predicted octanol–water partition coefficient (Wildman–Crippen LogP) is 4.61. The van der Waals surface area contributed by atoms with Crippen molar-refractivity contribution in [2.45, 2.75) is 12.1 Å². The summed E-state index contributed by atoms with van der Waals surface area (Å²) < 4.78 is 7.63. The van der Waals surface area contributed by atoms with Crippen LogP contribution in [0.1, 0.15) is 23.5 Å². The van der Waals surface area contributed by atoms with Crippen LogP contribution in [-0.4, -0.2) is 27.2 Å². The summed E-state index contributed by atoms with van der Waals surface area (Å²) in [6.07, 6.45) is 3.82. The maximum atomic E-state index is 12.3. The second-order valence-electron chi connectivity index (χ2n) is 8.24. The number of para-hydroxylation sites is 1. The van der Waals surface area contributed by atoms with Crippen molar-refractivity contribution in [3.05, 3.63) is 109 Å². The van der Waals surface area contributed by atoms with Crippen molar-refractivity contribution < 1.29 is 9.53 Å². The predicted molar refractivity (Wildman–Crippen MR) is 140 cm³/mol. The molecule has 0 bridgehead atoms. The van der Waals surface area contributed by atoms with Gasteiger partial charge in [0.15, 0.2) is 11.7 Å². The molecule has 3 heterocycles. The van der Waals surface area contributed by atoms with Crippen LogP contribution in [0, 0.1) is 0 Å². The minimum Gasteiger partial charge on any atom is -0.484 e. The zero-order valence-corrected chi connectivity index (χ0v) is 20.0. The van der Waals surface area contributed by atoms with E-state index in [4.69, 9.17) is 17.0 Å². The molecule has 4 aromatic rings. The summed E-state index contributed by atoms with van der Waals surface area (Å²) in [5.74, 6) is 0.430. The normalized spacial score (nSPS) is 17.2. The van der Waals surface area contributed by atoms with E-state index in [-0.39, 0.29) is 24.6 Å². The lowest BCUT2D eigenvalue weighted by atomic mass is 10.0. The van der Waals surface area contributed by atoms with E-state index < -0.39 is 0 Å². The monoisotopic (exact) mass is 483 g/mol. The lowest BCUT2D eigenvalue weighted by Crippen LogP contribution is -2.30. The van der Waals surface area contributed by atoms with Crippen LogP contribution in [0.25, 0.3) is 0 Å². The molecule has 2 aromatic carbocycles. The van der Waals surface area contributed by atoms with Crippen LogP contribution in [0.2, 0.25) is 0 Å². The van der Waals surface area contributed by atoms with Gasteiger partial charge in [0.1, 0.15) is 11.8 Å². The average molecular weight is 484 g/mol. The van der Waals surface area contributed by atoms with Crippen molar-refractivity contribution in [3.8, 4) is 5.75 Å². The Hall–Kier alpha value is -4.17. The third kappa shape index (κ3) is 4.88. The van der Waals surface area contributed by atoms with E-state index in [9.17, 15) is 4.79 Å². The maximum absolute atomic E-state index is 12.3. The molecule has 2 atom stereocenters. The van der Waals surface area contributed by atoms with Gasteiger partial charge >= 0.3 is 0 Å². The summed E-state index contributed by atoms with van der Waals surface area (Å²) in [6, 6.07) is 26.8. The molecule has 1 aliphatic heterocycles. The van der Waals surface area contributed by atoms with E-state index in [1.165, 1.54) is 0 Å². The molecule has 1 amide bonds. The van der Waals surface area contributed by atoms with Crippen LogP contribution in [0.5, 0.6) is 5.75 Å². The second kappa shape index (κ2) is 9.99. The number of anilines is 2. The van der Waals surface area contributed by atoms with Gasteiger partial charge in [-0.2, -0.15) is 0 Å². The Kier molecular flexibility index (Phi) is 6.45. The summed E-state index contributed by atoms with van der Waals surface area (Å²) in [6.45, 7) is -0.0623. The molecular weight excluding hydrogens is 458 g/mol. The van der Waals surface area contributed by atoms with E-state index in [2.05, 4.69) is 31.2 Å². The van der Waals surface area contributed by atoms with E-state index in [1.54, 1.807) is 6.20 Å². The molecule has 2 aromatic heterocycles. The first-order valence-electron chi connectivity index (χ1n) is 11.3. The summed E-state index contributed by atoms with van der Waals surface area (Å²) in [4.78, 5) is 19.0. The van der Waals surface area contributed by atoms with Crippen molar-refractivity contribution in [1.82, 2.24) is 14.9 Å². The van der Waals surface area contributed by atoms with Crippen LogP contribution < -0.4 is 20.3 Å². The Morgan fingerprint density at radius 3 is 2.49 bits per heavy atom. The van der Waals surface area contributed by atoms with Gasteiger partial charge in [0.25, 0.3) is 5.91 Å². The summed E-state index contributed by atoms with van der Waals surface area (Å²) in [5, 5.41) is 6.96. The number of rotatable bonds is 7. The van der Waals surface area contributed by atoms with Gasteiger partial charge in [-0.3, -0.25) is 9.78 Å².